The van der Waals surface area contributed by atoms with E-state index in [4.69, 9.17) is 16.1 Å². The summed E-state index contributed by atoms with van der Waals surface area (Å²) < 4.78 is 30.2. The maximum absolute atomic E-state index is 12.3. The largest absolute Gasteiger partial charge is 0.343 e. The summed E-state index contributed by atoms with van der Waals surface area (Å²) in [5.74, 6) is 0.307. The van der Waals surface area contributed by atoms with Crippen LogP contribution in [0.25, 0.3) is 11.4 Å². The van der Waals surface area contributed by atoms with Crippen LogP contribution >= 0.6 is 11.6 Å². The van der Waals surface area contributed by atoms with Gasteiger partial charge in [-0.2, -0.15) is 4.98 Å². The number of aromatic nitrogens is 2. The molecule has 1 N–H and O–H groups in total. The van der Waals surface area contributed by atoms with Crippen LogP contribution in [0.5, 0.6) is 0 Å². The van der Waals surface area contributed by atoms with E-state index in [1.807, 2.05) is 0 Å². The molecule has 0 bridgehead atoms. The lowest BCUT2D eigenvalue weighted by molar-refractivity contribution is 0.0946. The summed E-state index contributed by atoms with van der Waals surface area (Å²) in [6.45, 7) is 1.63. The summed E-state index contributed by atoms with van der Waals surface area (Å²) in [7, 11) is -1.88. The first kappa shape index (κ1) is 20.8. The van der Waals surface area contributed by atoms with Crippen LogP contribution in [0.1, 0.15) is 23.2 Å². The molecule has 29 heavy (non-hydrogen) atoms. The molecule has 0 atom stereocenters. The zero-order chi connectivity index (χ0) is 21.0. The van der Waals surface area contributed by atoms with Crippen LogP contribution in [0.4, 0.5) is 5.69 Å². The monoisotopic (exact) mass is 434 g/mol. The third-order valence-electron chi connectivity index (χ3n) is 4.25. The van der Waals surface area contributed by atoms with Gasteiger partial charge >= 0.3 is 0 Å². The molecule has 0 aliphatic rings. The second kappa shape index (κ2) is 8.62. The number of carbonyl (C=O) groups excluding carboxylic acids is 1. The van der Waals surface area contributed by atoms with Gasteiger partial charge in [-0.1, -0.05) is 16.8 Å². The first-order valence-corrected chi connectivity index (χ1v) is 10.7. The maximum Gasteiger partial charge on any atom is 0.251 e. The van der Waals surface area contributed by atoms with E-state index in [1.54, 1.807) is 55.5 Å². The van der Waals surface area contributed by atoms with Gasteiger partial charge in [0.25, 0.3) is 5.91 Å². The molecule has 0 spiro atoms. The summed E-state index contributed by atoms with van der Waals surface area (Å²) in [6, 6.07) is 13.3. The summed E-state index contributed by atoms with van der Waals surface area (Å²) >= 11 is 5.86. The Morgan fingerprint density at radius 2 is 1.79 bits per heavy atom. The number of amides is 1. The third-order valence-corrected chi connectivity index (χ3v) is 6.27. The van der Waals surface area contributed by atoms with Crippen molar-refractivity contribution in [1.82, 2.24) is 15.5 Å². The number of nitrogens with one attached hydrogen (secondary N) is 1. The Labute approximate surface area is 173 Å². The van der Waals surface area contributed by atoms with Crippen molar-refractivity contribution in [3.8, 4) is 11.4 Å². The van der Waals surface area contributed by atoms with Gasteiger partial charge in [0.15, 0.2) is 0 Å². The van der Waals surface area contributed by atoms with Crippen LogP contribution in [0.2, 0.25) is 5.02 Å². The van der Waals surface area contributed by atoms with Crippen molar-refractivity contribution in [2.75, 3.05) is 17.1 Å². The Hall–Kier alpha value is -2.91. The molecule has 1 heterocycles. The van der Waals surface area contributed by atoms with Gasteiger partial charge in [-0.05, 0) is 55.5 Å². The molecule has 0 unspecified atom stereocenters. The smallest absolute Gasteiger partial charge is 0.251 e. The average molecular weight is 435 g/mol. The van der Waals surface area contributed by atoms with Crippen molar-refractivity contribution in [2.45, 2.75) is 13.5 Å². The molecule has 0 saturated carbocycles. The fourth-order valence-corrected chi connectivity index (χ4v) is 3.43. The zero-order valence-corrected chi connectivity index (χ0v) is 17.4. The Kier molecular flexibility index (Phi) is 6.19. The van der Waals surface area contributed by atoms with Crippen molar-refractivity contribution in [2.24, 2.45) is 0 Å². The van der Waals surface area contributed by atoms with Crippen molar-refractivity contribution in [1.29, 1.82) is 0 Å². The number of halogens is 1. The van der Waals surface area contributed by atoms with Gasteiger partial charge in [-0.25, -0.2) is 8.42 Å². The number of hydrogen-bond acceptors (Lipinski definition) is 6. The molecule has 152 valence electrons. The zero-order valence-electron chi connectivity index (χ0n) is 15.8. The number of nitrogens with zero attached hydrogens (tertiary/aromatic N) is 3. The van der Waals surface area contributed by atoms with Crippen molar-refractivity contribution < 1.29 is 17.7 Å². The highest BCUT2D eigenvalue weighted by molar-refractivity contribution is 7.92. The Bertz CT molecular complexity index is 1100. The van der Waals surface area contributed by atoms with Crippen LogP contribution < -0.4 is 9.62 Å². The quantitative estimate of drug-likeness (QED) is 0.612. The minimum atomic E-state index is -3.36. The molecular weight excluding hydrogens is 416 g/mol. The number of rotatable bonds is 7. The lowest BCUT2D eigenvalue weighted by atomic mass is 10.2. The van der Waals surface area contributed by atoms with Crippen LogP contribution in [-0.4, -0.2) is 37.3 Å². The molecule has 10 heteroatoms. The third kappa shape index (κ3) is 4.93. The van der Waals surface area contributed by atoms with Crippen molar-refractivity contribution >= 4 is 33.2 Å². The minimum Gasteiger partial charge on any atom is -0.343 e. The van der Waals surface area contributed by atoms with Gasteiger partial charge in [0, 0.05) is 23.2 Å². The van der Waals surface area contributed by atoms with Gasteiger partial charge in [-0.3, -0.25) is 9.10 Å². The summed E-state index contributed by atoms with van der Waals surface area (Å²) in [4.78, 5) is 16.6. The molecule has 8 nitrogen and oxygen atoms in total. The highest BCUT2D eigenvalue weighted by Gasteiger charge is 2.16. The van der Waals surface area contributed by atoms with Gasteiger partial charge in [0.1, 0.15) is 0 Å². The lowest BCUT2D eigenvalue weighted by Gasteiger charge is -2.18. The number of sulfonamides is 1. The summed E-state index contributed by atoms with van der Waals surface area (Å²) in [5.41, 5.74) is 1.61. The molecule has 0 fully saturated rings. The molecule has 0 aliphatic carbocycles. The second-order valence-corrected chi connectivity index (χ2v) is 8.84. The molecule has 1 amide bonds. The number of carbonyl (C=O) groups is 1. The first-order valence-electron chi connectivity index (χ1n) is 8.73. The van der Waals surface area contributed by atoms with Crippen LogP contribution in [0.3, 0.4) is 0 Å². The Morgan fingerprint density at radius 1 is 1.14 bits per heavy atom. The van der Waals surface area contributed by atoms with Crippen LogP contribution in [0.15, 0.2) is 53.1 Å². The molecule has 3 aromatic rings. The number of benzene rings is 2. The van der Waals surface area contributed by atoms with E-state index in [0.29, 0.717) is 22.1 Å². The van der Waals surface area contributed by atoms with E-state index in [0.717, 1.165) is 5.56 Å². The lowest BCUT2D eigenvalue weighted by Crippen LogP contribution is -2.28. The van der Waals surface area contributed by atoms with Crippen molar-refractivity contribution in [3.05, 3.63) is 65.0 Å². The standard InChI is InChI=1S/C19H19ClN4O4S/c1-3-29(26,27)24(2)16-10-6-14(7-11-16)19(25)21-12-17-22-18(23-28-17)13-4-8-15(20)9-5-13/h4-11H,3,12H2,1-2H3,(H,21,25). The summed E-state index contributed by atoms with van der Waals surface area (Å²) in [5, 5.41) is 7.18. The Morgan fingerprint density at radius 3 is 2.41 bits per heavy atom. The highest BCUT2D eigenvalue weighted by atomic mass is 35.5. The molecule has 0 radical (unpaired) electrons. The van der Waals surface area contributed by atoms with E-state index in [1.165, 1.54) is 11.4 Å². The van der Waals surface area contributed by atoms with E-state index < -0.39 is 10.0 Å². The van der Waals surface area contributed by atoms with Gasteiger partial charge in [0.2, 0.25) is 21.7 Å². The predicted molar refractivity (Wildman–Crippen MR) is 110 cm³/mol. The molecule has 1 aromatic heterocycles. The highest BCUT2D eigenvalue weighted by Crippen LogP contribution is 2.19. The predicted octanol–water partition coefficient (Wildman–Crippen LogP) is 3.11. The van der Waals surface area contributed by atoms with Crippen LogP contribution in [-0.2, 0) is 16.6 Å². The molecular formula is C19H19ClN4O4S. The molecule has 0 saturated heterocycles. The van der Waals surface area contributed by atoms with Gasteiger partial charge in [-0.15, -0.1) is 0 Å². The fourth-order valence-electron chi connectivity index (χ4n) is 2.48. The van der Waals surface area contributed by atoms with Crippen LogP contribution in [0, 0.1) is 0 Å². The second-order valence-electron chi connectivity index (χ2n) is 6.12. The summed E-state index contributed by atoms with van der Waals surface area (Å²) in [6.07, 6.45) is 0. The molecule has 2 aromatic carbocycles. The van der Waals surface area contributed by atoms with E-state index >= 15 is 0 Å². The average Bonchev–Trinajstić information content (AvgIpc) is 3.21. The number of anilines is 1. The minimum absolute atomic E-state index is 0.00602. The SMILES string of the molecule is CCS(=O)(=O)N(C)c1ccc(C(=O)NCc2nc(-c3ccc(Cl)cc3)no2)cc1. The van der Waals surface area contributed by atoms with Gasteiger partial charge in [0.05, 0.1) is 18.0 Å². The van der Waals surface area contributed by atoms with Gasteiger partial charge < -0.3 is 9.84 Å². The Balaban J connectivity index is 1.62. The molecule has 3 rings (SSSR count). The normalized spacial score (nSPS) is 11.3. The topological polar surface area (TPSA) is 105 Å². The maximum atomic E-state index is 12.3. The van der Waals surface area contributed by atoms with E-state index in [2.05, 4.69) is 15.5 Å². The van der Waals surface area contributed by atoms with Crippen molar-refractivity contribution in [3.63, 3.8) is 0 Å². The number of hydrogen-bond donors (Lipinski definition) is 1. The first-order chi connectivity index (χ1) is 13.8. The van der Waals surface area contributed by atoms with E-state index in [-0.39, 0.29) is 24.1 Å². The molecule has 0 aliphatic heterocycles. The van der Waals surface area contributed by atoms with E-state index in [9.17, 15) is 13.2 Å². The fraction of sp³-hybridized carbons (Fsp3) is 0.211.